The van der Waals surface area contributed by atoms with Gasteiger partial charge in [0.15, 0.2) is 11.5 Å². The Balaban J connectivity index is 1.52. The summed E-state index contributed by atoms with van der Waals surface area (Å²) in [7, 11) is 0. The zero-order chi connectivity index (χ0) is 14.8. The SMILES string of the molecule is c1ccc(OC2CCC2)c(CNc2ncnc3nc[nH]c23)c1. The third-order valence-electron chi connectivity index (χ3n) is 3.99. The molecular formula is C16H17N5O. The summed E-state index contributed by atoms with van der Waals surface area (Å²) in [5.41, 5.74) is 2.61. The van der Waals surface area contributed by atoms with E-state index in [2.05, 4.69) is 31.3 Å². The topological polar surface area (TPSA) is 75.7 Å². The average molecular weight is 295 g/mol. The molecule has 0 aliphatic heterocycles. The summed E-state index contributed by atoms with van der Waals surface area (Å²) < 4.78 is 6.05. The van der Waals surface area contributed by atoms with Gasteiger partial charge >= 0.3 is 0 Å². The van der Waals surface area contributed by atoms with E-state index in [4.69, 9.17) is 4.74 Å². The maximum absolute atomic E-state index is 6.05. The number of nitrogens with zero attached hydrogens (tertiary/aromatic N) is 3. The Kier molecular flexibility index (Phi) is 3.34. The van der Waals surface area contributed by atoms with E-state index in [9.17, 15) is 0 Å². The molecule has 0 saturated heterocycles. The second kappa shape index (κ2) is 5.63. The zero-order valence-corrected chi connectivity index (χ0v) is 12.1. The lowest BCUT2D eigenvalue weighted by Gasteiger charge is -2.27. The number of hydrogen-bond donors (Lipinski definition) is 2. The normalized spacial score (nSPS) is 14.7. The van der Waals surface area contributed by atoms with Crippen molar-refractivity contribution in [3.8, 4) is 5.75 Å². The molecular weight excluding hydrogens is 278 g/mol. The van der Waals surface area contributed by atoms with Gasteiger partial charge in [-0.1, -0.05) is 18.2 Å². The lowest BCUT2D eigenvalue weighted by molar-refractivity contribution is 0.119. The largest absolute Gasteiger partial charge is 0.490 e. The van der Waals surface area contributed by atoms with Crippen molar-refractivity contribution in [1.82, 2.24) is 19.9 Å². The van der Waals surface area contributed by atoms with Gasteiger partial charge in [-0.15, -0.1) is 0 Å². The number of para-hydroxylation sites is 1. The van der Waals surface area contributed by atoms with Gasteiger partial charge in [0.1, 0.15) is 17.6 Å². The number of anilines is 1. The number of aromatic nitrogens is 4. The van der Waals surface area contributed by atoms with Crippen LogP contribution in [0.25, 0.3) is 11.2 Å². The number of ether oxygens (including phenoxy) is 1. The Hall–Kier alpha value is -2.63. The Morgan fingerprint density at radius 2 is 2.09 bits per heavy atom. The molecule has 6 heteroatoms. The van der Waals surface area contributed by atoms with Crippen molar-refractivity contribution < 1.29 is 4.74 Å². The van der Waals surface area contributed by atoms with Gasteiger partial charge in [0.25, 0.3) is 0 Å². The lowest BCUT2D eigenvalue weighted by Crippen LogP contribution is -2.25. The molecule has 6 nitrogen and oxygen atoms in total. The Labute approximate surface area is 128 Å². The number of benzene rings is 1. The van der Waals surface area contributed by atoms with Crippen molar-refractivity contribution in [3.05, 3.63) is 42.5 Å². The molecule has 1 fully saturated rings. The highest BCUT2D eigenvalue weighted by atomic mass is 16.5. The first-order chi connectivity index (χ1) is 10.9. The summed E-state index contributed by atoms with van der Waals surface area (Å²) in [6, 6.07) is 8.14. The van der Waals surface area contributed by atoms with Crippen LogP contribution in [0.1, 0.15) is 24.8 Å². The molecule has 112 valence electrons. The van der Waals surface area contributed by atoms with Crippen LogP contribution in [0.5, 0.6) is 5.75 Å². The molecule has 0 bridgehead atoms. The fourth-order valence-electron chi connectivity index (χ4n) is 2.51. The minimum Gasteiger partial charge on any atom is -0.490 e. The van der Waals surface area contributed by atoms with E-state index in [0.29, 0.717) is 18.3 Å². The quantitative estimate of drug-likeness (QED) is 0.757. The van der Waals surface area contributed by atoms with Gasteiger partial charge < -0.3 is 15.0 Å². The van der Waals surface area contributed by atoms with Crippen molar-refractivity contribution in [1.29, 1.82) is 0 Å². The number of H-pyrrole nitrogens is 1. The van der Waals surface area contributed by atoms with Crippen molar-refractivity contribution in [3.63, 3.8) is 0 Å². The molecule has 0 atom stereocenters. The van der Waals surface area contributed by atoms with E-state index in [1.165, 1.54) is 12.7 Å². The van der Waals surface area contributed by atoms with Crippen LogP contribution in [-0.2, 0) is 6.54 Å². The number of rotatable bonds is 5. The maximum Gasteiger partial charge on any atom is 0.182 e. The van der Waals surface area contributed by atoms with Crippen LogP contribution < -0.4 is 10.1 Å². The molecule has 0 spiro atoms. The highest BCUT2D eigenvalue weighted by Crippen LogP contribution is 2.28. The van der Waals surface area contributed by atoms with Crippen LogP contribution in [-0.4, -0.2) is 26.0 Å². The van der Waals surface area contributed by atoms with Crippen LogP contribution in [0.15, 0.2) is 36.9 Å². The highest BCUT2D eigenvalue weighted by Gasteiger charge is 2.20. The average Bonchev–Trinajstić information content (AvgIpc) is 2.99. The summed E-state index contributed by atoms with van der Waals surface area (Å²) >= 11 is 0. The molecule has 2 aromatic heterocycles. The number of hydrogen-bond acceptors (Lipinski definition) is 5. The molecule has 0 amide bonds. The Morgan fingerprint density at radius 3 is 2.95 bits per heavy atom. The molecule has 1 saturated carbocycles. The Morgan fingerprint density at radius 1 is 1.18 bits per heavy atom. The van der Waals surface area contributed by atoms with E-state index in [-0.39, 0.29) is 0 Å². The molecule has 2 N–H and O–H groups in total. The minimum absolute atomic E-state index is 0.375. The van der Waals surface area contributed by atoms with Gasteiger partial charge in [0, 0.05) is 12.1 Å². The highest BCUT2D eigenvalue weighted by molar-refractivity contribution is 5.81. The molecule has 3 aromatic rings. The molecule has 1 aliphatic carbocycles. The number of fused-ring (bicyclic) bond motifs is 1. The van der Waals surface area contributed by atoms with Gasteiger partial charge in [0.05, 0.1) is 12.4 Å². The van der Waals surface area contributed by atoms with Gasteiger partial charge in [-0.2, -0.15) is 0 Å². The molecule has 0 unspecified atom stereocenters. The number of aromatic amines is 1. The van der Waals surface area contributed by atoms with Crippen LogP contribution >= 0.6 is 0 Å². The monoisotopic (exact) mass is 295 g/mol. The van der Waals surface area contributed by atoms with Crippen LogP contribution in [0.2, 0.25) is 0 Å². The number of nitrogens with one attached hydrogen (secondary N) is 2. The van der Waals surface area contributed by atoms with Gasteiger partial charge in [-0.05, 0) is 25.3 Å². The van der Waals surface area contributed by atoms with Crippen molar-refractivity contribution in [2.45, 2.75) is 31.9 Å². The standard InChI is InChI=1S/C16H17N5O/c1-2-7-13(22-12-5-3-6-12)11(4-1)8-17-15-14-16(19-9-18-14)21-10-20-15/h1-2,4,7,9-10,12H,3,5-6,8H2,(H2,17,18,19,20,21). The third kappa shape index (κ3) is 2.47. The van der Waals surface area contributed by atoms with Crippen LogP contribution in [0.3, 0.4) is 0 Å². The summed E-state index contributed by atoms with van der Waals surface area (Å²) in [5.74, 6) is 1.70. The summed E-state index contributed by atoms with van der Waals surface area (Å²) in [5, 5.41) is 3.34. The van der Waals surface area contributed by atoms with Crippen LogP contribution in [0.4, 0.5) is 5.82 Å². The summed E-state index contributed by atoms with van der Waals surface area (Å²) in [6.07, 6.45) is 7.09. The fourth-order valence-corrected chi connectivity index (χ4v) is 2.51. The van der Waals surface area contributed by atoms with Crippen molar-refractivity contribution >= 4 is 17.0 Å². The first kappa shape index (κ1) is 13.1. The van der Waals surface area contributed by atoms with Crippen molar-refractivity contribution in [2.24, 2.45) is 0 Å². The van der Waals surface area contributed by atoms with E-state index < -0.39 is 0 Å². The second-order valence-corrected chi connectivity index (χ2v) is 5.46. The fraction of sp³-hybridized carbons (Fsp3) is 0.312. The van der Waals surface area contributed by atoms with E-state index in [1.54, 1.807) is 6.33 Å². The lowest BCUT2D eigenvalue weighted by atomic mass is 9.96. The molecule has 4 rings (SSSR count). The minimum atomic E-state index is 0.375. The van der Waals surface area contributed by atoms with Crippen LogP contribution in [0, 0.1) is 0 Å². The van der Waals surface area contributed by atoms with Gasteiger partial charge in [-0.25, -0.2) is 15.0 Å². The van der Waals surface area contributed by atoms with Crippen molar-refractivity contribution in [2.75, 3.05) is 5.32 Å². The van der Waals surface area contributed by atoms with E-state index >= 15 is 0 Å². The third-order valence-corrected chi connectivity index (χ3v) is 3.99. The molecule has 1 aliphatic rings. The molecule has 1 aromatic carbocycles. The first-order valence-electron chi connectivity index (χ1n) is 7.52. The predicted octanol–water partition coefficient (Wildman–Crippen LogP) is 2.90. The Bertz CT molecular complexity index is 781. The summed E-state index contributed by atoms with van der Waals surface area (Å²) in [6.45, 7) is 0.647. The maximum atomic E-state index is 6.05. The smallest absolute Gasteiger partial charge is 0.182 e. The van der Waals surface area contributed by atoms with E-state index in [0.717, 1.165) is 35.5 Å². The second-order valence-electron chi connectivity index (χ2n) is 5.46. The number of imidazole rings is 1. The van der Waals surface area contributed by atoms with Gasteiger partial charge in [0.2, 0.25) is 0 Å². The zero-order valence-electron chi connectivity index (χ0n) is 12.1. The van der Waals surface area contributed by atoms with Gasteiger partial charge in [-0.3, -0.25) is 0 Å². The molecule has 0 radical (unpaired) electrons. The molecule has 22 heavy (non-hydrogen) atoms. The molecule has 2 heterocycles. The first-order valence-corrected chi connectivity index (χ1v) is 7.52. The predicted molar refractivity (Wildman–Crippen MR) is 83.7 cm³/mol. The van der Waals surface area contributed by atoms with E-state index in [1.807, 2.05) is 18.2 Å². The summed E-state index contributed by atoms with van der Waals surface area (Å²) in [4.78, 5) is 15.6.